The van der Waals surface area contributed by atoms with Crippen molar-refractivity contribution < 1.29 is 4.79 Å². The Balaban J connectivity index is 2.76. The van der Waals surface area contributed by atoms with Crippen LogP contribution in [0.2, 0.25) is 0 Å². The maximum Gasteiger partial charge on any atom is 0.251 e. The molecule has 1 unspecified atom stereocenters. The van der Waals surface area contributed by atoms with E-state index < -0.39 is 0 Å². The van der Waals surface area contributed by atoms with Gasteiger partial charge in [0.1, 0.15) is 5.82 Å². The van der Waals surface area contributed by atoms with Gasteiger partial charge in [-0.15, -0.1) is 0 Å². The summed E-state index contributed by atoms with van der Waals surface area (Å²) >= 11 is 1.89. The van der Waals surface area contributed by atoms with E-state index in [1.807, 2.05) is 24.8 Å². The van der Waals surface area contributed by atoms with Crippen molar-refractivity contribution in [2.24, 2.45) is 0 Å². The maximum absolute atomic E-state index is 12.3. The predicted octanol–water partition coefficient (Wildman–Crippen LogP) is 3.22. The predicted molar refractivity (Wildman–Crippen MR) is 91.9 cm³/mol. The molecule has 118 valence electrons. The minimum atomic E-state index is -0.131. The number of rotatable bonds is 6. The average Bonchev–Trinajstić information content (AvgIpc) is 2.37. The van der Waals surface area contributed by atoms with Crippen molar-refractivity contribution in [3.63, 3.8) is 0 Å². The van der Waals surface area contributed by atoms with Crippen molar-refractivity contribution in [2.75, 3.05) is 17.2 Å². The smallest absolute Gasteiger partial charge is 0.251 e. The summed E-state index contributed by atoms with van der Waals surface area (Å²) in [5.41, 5.74) is 7.12. The fraction of sp³-hybridized carbons (Fsp3) is 0.625. The summed E-state index contributed by atoms with van der Waals surface area (Å²) in [6, 6.07) is 3.63. The van der Waals surface area contributed by atoms with Crippen LogP contribution in [0.4, 0.5) is 5.82 Å². The number of thioether (sulfide) groups is 1. The number of hydrogen-bond acceptors (Lipinski definition) is 4. The number of hydrogen-bond donors (Lipinski definition) is 2. The van der Waals surface area contributed by atoms with Gasteiger partial charge in [-0.3, -0.25) is 4.79 Å². The molecule has 1 aromatic heterocycles. The Morgan fingerprint density at radius 3 is 2.67 bits per heavy atom. The van der Waals surface area contributed by atoms with Crippen molar-refractivity contribution in [1.82, 2.24) is 10.3 Å². The van der Waals surface area contributed by atoms with Crippen LogP contribution in [-0.2, 0) is 5.41 Å². The Kier molecular flexibility index (Phi) is 6.52. The number of nitrogens with one attached hydrogen (secondary N) is 1. The largest absolute Gasteiger partial charge is 0.384 e. The van der Waals surface area contributed by atoms with Crippen LogP contribution in [0.3, 0.4) is 0 Å². The van der Waals surface area contributed by atoms with E-state index in [-0.39, 0.29) is 17.4 Å². The van der Waals surface area contributed by atoms with Crippen LogP contribution in [0, 0.1) is 0 Å². The van der Waals surface area contributed by atoms with Crippen LogP contribution in [0.25, 0.3) is 0 Å². The number of nitrogens with zero attached hydrogens (tertiary/aromatic N) is 1. The van der Waals surface area contributed by atoms with Gasteiger partial charge < -0.3 is 11.1 Å². The van der Waals surface area contributed by atoms with Gasteiger partial charge in [0.05, 0.1) is 0 Å². The van der Waals surface area contributed by atoms with Crippen LogP contribution in [-0.4, -0.2) is 28.4 Å². The molecule has 4 nitrogen and oxygen atoms in total. The van der Waals surface area contributed by atoms with E-state index in [0.717, 1.165) is 23.6 Å². The quantitative estimate of drug-likeness (QED) is 0.792. The molecule has 0 aliphatic carbocycles. The monoisotopic (exact) mass is 309 g/mol. The van der Waals surface area contributed by atoms with E-state index in [0.29, 0.717) is 11.4 Å². The van der Waals surface area contributed by atoms with E-state index in [4.69, 9.17) is 5.73 Å². The molecule has 0 bridgehead atoms. The van der Waals surface area contributed by atoms with Gasteiger partial charge in [-0.25, -0.2) is 4.98 Å². The fourth-order valence-corrected chi connectivity index (χ4v) is 2.66. The molecule has 0 radical (unpaired) electrons. The summed E-state index contributed by atoms with van der Waals surface area (Å²) in [4.78, 5) is 16.6. The molecule has 1 heterocycles. The zero-order valence-corrected chi connectivity index (χ0v) is 14.5. The molecule has 0 saturated heterocycles. The third-order valence-corrected chi connectivity index (χ3v) is 4.09. The van der Waals surface area contributed by atoms with Crippen LogP contribution in [0.1, 0.15) is 57.1 Å². The zero-order valence-electron chi connectivity index (χ0n) is 13.7. The fourth-order valence-electron chi connectivity index (χ4n) is 1.85. The normalized spacial score (nSPS) is 13.0. The van der Waals surface area contributed by atoms with E-state index in [9.17, 15) is 4.79 Å². The molecule has 0 saturated carbocycles. The highest BCUT2D eigenvalue weighted by Gasteiger charge is 2.19. The first-order valence-electron chi connectivity index (χ1n) is 7.40. The Morgan fingerprint density at radius 2 is 2.10 bits per heavy atom. The minimum Gasteiger partial charge on any atom is -0.384 e. The number of amides is 1. The SMILES string of the molecule is CCSCCC(C)NC(=O)c1cc(N)nc(C(C)(C)C)c1. The minimum absolute atomic E-state index is 0.0800. The van der Waals surface area contributed by atoms with Crippen molar-refractivity contribution in [3.05, 3.63) is 23.4 Å². The highest BCUT2D eigenvalue weighted by Crippen LogP contribution is 2.22. The summed E-state index contributed by atoms with van der Waals surface area (Å²) in [5, 5.41) is 3.03. The molecule has 0 spiro atoms. The number of nitrogen functional groups attached to an aromatic ring is 1. The second-order valence-electron chi connectivity index (χ2n) is 6.28. The van der Waals surface area contributed by atoms with Gasteiger partial charge >= 0.3 is 0 Å². The van der Waals surface area contributed by atoms with Crippen molar-refractivity contribution in [2.45, 2.75) is 52.5 Å². The molecule has 0 aliphatic rings. The lowest BCUT2D eigenvalue weighted by Crippen LogP contribution is -2.33. The van der Waals surface area contributed by atoms with Crippen molar-refractivity contribution in [1.29, 1.82) is 0 Å². The third-order valence-electron chi connectivity index (χ3n) is 3.15. The molecule has 1 amide bonds. The number of carbonyl (C=O) groups is 1. The Morgan fingerprint density at radius 1 is 1.43 bits per heavy atom. The van der Waals surface area contributed by atoms with Gasteiger partial charge in [0.15, 0.2) is 0 Å². The molecule has 3 N–H and O–H groups in total. The van der Waals surface area contributed by atoms with Crippen LogP contribution >= 0.6 is 11.8 Å². The lowest BCUT2D eigenvalue weighted by Gasteiger charge is -2.19. The molecule has 21 heavy (non-hydrogen) atoms. The standard InChI is InChI=1S/C16H27N3OS/c1-6-21-8-7-11(2)18-15(20)12-9-13(16(3,4)5)19-14(17)10-12/h9-11H,6-8H2,1-5H3,(H2,17,19)(H,18,20). The topological polar surface area (TPSA) is 68.0 Å². The number of pyridine rings is 1. The molecule has 0 aromatic carbocycles. The van der Waals surface area contributed by atoms with E-state index in [1.165, 1.54) is 0 Å². The first-order chi connectivity index (χ1) is 9.74. The molecule has 0 aliphatic heterocycles. The van der Waals surface area contributed by atoms with Crippen LogP contribution in [0.5, 0.6) is 0 Å². The molecule has 0 fully saturated rings. The van der Waals surface area contributed by atoms with Gasteiger partial charge in [0.25, 0.3) is 5.91 Å². The molecule has 1 atom stereocenters. The van der Waals surface area contributed by atoms with E-state index >= 15 is 0 Å². The van der Waals surface area contributed by atoms with Gasteiger partial charge in [0.2, 0.25) is 0 Å². The van der Waals surface area contributed by atoms with Crippen molar-refractivity contribution >= 4 is 23.5 Å². The summed E-state index contributed by atoms with van der Waals surface area (Å²) < 4.78 is 0. The highest BCUT2D eigenvalue weighted by atomic mass is 32.2. The number of carbonyl (C=O) groups excluding carboxylic acids is 1. The molecule has 1 aromatic rings. The molecular weight excluding hydrogens is 282 g/mol. The third kappa shape index (κ3) is 5.96. The first-order valence-corrected chi connectivity index (χ1v) is 8.56. The van der Waals surface area contributed by atoms with Gasteiger partial charge in [0, 0.05) is 22.7 Å². The molecule has 5 heteroatoms. The van der Waals surface area contributed by atoms with Gasteiger partial charge in [-0.05, 0) is 37.0 Å². The summed E-state index contributed by atoms with van der Waals surface area (Å²) in [5.74, 6) is 2.48. The summed E-state index contributed by atoms with van der Waals surface area (Å²) in [6.07, 6.45) is 0.969. The zero-order chi connectivity index (χ0) is 16.0. The van der Waals surface area contributed by atoms with Gasteiger partial charge in [-0.1, -0.05) is 27.7 Å². The number of nitrogens with two attached hydrogens (primary N) is 1. The van der Waals surface area contributed by atoms with Crippen molar-refractivity contribution in [3.8, 4) is 0 Å². The van der Waals surface area contributed by atoms with E-state index in [2.05, 4.69) is 38.0 Å². The second kappa shape index (κ2) is 7.69. The Labute approximate surface area is 132 Å². The Bertz CT molecular complexity index is 483. The maximum atomic E-state index is 12.3. The van der Waals surface area contributed by atoms with Crippen LogP contribution < -0.4 is 11.1 Å². The molecular formula is C16H27N3OS. The number of anilines is 1. The highest BCUT2D eigenvalue weighted by molar-refractivity contribution is 7.99. The number of aromatic nitrogens is 1. The summed E-state index contributed by atoms with van der Waals surface area (Å²) in [7, 11) is 0. The van der Waals surface area contributed by atoms with E-state index in [1.54, 1.807) is 6.07 Å². The summed E-state index contributed by atoms with van der Waals surface area (Å²) in [6.45, 7) is 10.3. The van der Waals surface area contributed by atoms with Crippen LogP contribution in [0.15, 0.2) is 12.1 Å². The first kappa shape index (κ1) is 17.8. The van der Waals surface area contributed by atoms with Gasteiger partial charge in [-0.2, -0.15) is 11.8 Å². The second-order valence-corrected chi connectivity index (χ2v) is 7.67. The Hall–Kier alpha value is -1.23. The molecule has 1 rings (SSSR count). The average molecular weight is 309 g/mol. The lowest BCUT2D eigenvalue weighted by atomic mass is 9.90. The lowest BCUT2D eigenvalue weighted by molar-refractivity contribution is 0.0939.